The van der Waals surface area contributed by atoms with Gasteiger partial charge in [0, 0.05) is 37.0 Å². The molecule has 2 heterocycles. The molecular formula is C13H20N2OS. The van der Waals surface area contributed by atoms with Gasteiger partial charge in [-0.1, -0.05) is 0 Å². The second-order valence-corrected chi connectivity index (χ2v) is 5.81. The Morgan fingerprint density at radius 1 is 1.59 bits per heavy atom. The fourth-order valence-corrected chi connectivity index (χ4v) is 3.35. The van der Waals surface area contributed by atoms with Gasteiger partial charge >= 0.3 is 0 Å². The number of aryl methyl sites for hydroxylation is 1. The number of rotatable bonds is 3. The van der Waals surface area contributed by atoms with E-state index in [1.807, 2.05) is 11.9 Å². The number of piperidine rings is 1. The highest BCUT2D eigenvalue weighted by atomic mass is 32.1. The van der Waals surface area contributed by atoms with Gasteiger partial charge < -0.3 is 10.2 Å². The Kier molecular flexibility index (Phi) is 3.84. The minimum Gasteiger partial charge on any atom is -0.344 e. The Morgan fingerprint density at radius 2 is 2.35 bits per heavy atom. The summed E-state index contributed by atoms with van der Waals surface area (Å²) in [6.07, 6.45) is 1.63. The third-order valence-corrected chi connectivity index (χ3v) is 4.61. The second-order valence-electron chi connectivity index (χ2n) is 4.87. The van der Waals surface area contributed by atoms with Gasteiger partial charge in [0.1, 0.15) is 0 Å². The molecule has 94 valence electrons. The predicted octanol–water partition coefficient (Wildman–Crippen LogP) is 2.33. The molecule has 2 atom stereocenters. The number of carbonyl (C=O) groups is 1. The Balaban J connectivity index is 1.93. The first-order chi connectivity index (χ1) is 8.08. The monoisotopic (exact) mass is 252 g/mol. The summed E-state index contributed by atoms with van der Waals surface area (Å²) in [5.74, 6) is 0.267. The lowest BCUT2D eigenvalue weighted by molar-refractivity contribution is -0.132. The molecule has 0 radical (unpaired) electrons. The fourth-order valence-electron chi connectivity index (χ4n) is 2.41. The largest absolute Gasteiger partial charge is 0.344 e. The lowest BCUT2D eigenvalue weighted by Gasteiger charge is -2.32. The van der Waals surface area contributed by atoms with Gasteiger partial charge in [-0.3, -0.25) is 4.79 Å². The summed E-state index contributed by atoms with van der Waals surface area (Å²) < 4.78 is 0. The molecule has 0 spiro atoms. The average Bonchev–Trinajstić information content (AvgIpc) is 2.70. The molecular weight excluding hydrogens is 232 g/mol. The van der Waals surface area contributed by atoms with Crippen molar-refractivity contribution in [3.8, 4) is 0 Å². The van der Waals surface area contributed by atoms with Gasteiger partial charge in [-0.15, -0.1) is 11.3 Å². The zero-order valence-electron chi connectivity index (χ0n) is 10.7. The zero-order valence-corrected chi connectivity index (χ0v) is 11.5. The van der Waals surface area contributed by atoms with Crippen molar-refractivity contribution in [3.63, 3.8) is 0 Å². The van der Waals surface area contributed by atoms with Gasteiger partial charge in [0.25, 0.3) is 0 Å². The van der Waals surface area contributed by atoms with Crippen LogP contribution >= 0.6 is 11.3 Å². The lowest BCUT2D eigenvalue weighted by atomic mass is 10.0. The molecule has 4 heteroatoms. The van der Waals surface area contributed by atoms with Crippen molar-refractivity contribution in [2.45, 2.75) is 38.8 Å². The lowest BCUT2D eigenvalue weighted by Crippen LogP contribution is -2.47. The SMILES string of the molecule is Cc1ccsc1C(C)NC1CCC(=O)N(C)C1. The first-order valence-electron chi connectivity index (χ1n) is 6.12. The van der Waals surface area contributed by atoms with Crippen LogP contribution < -0.4 is 5.32 Å². The Bertz CT molecular complexity index is 402. The van der Waals surface area contributed by atoms with E-state index in [0.29, 0.717) is 18.5 Å². The van der Waals surface area contributed by atoms with Crippen LogP contribution in [0.2, 0.25) is 0 Å². The van der Waals surface area contributed by atoms with E-state index in [4.69, 9.17) is 0 Å². The smallest absolute Gasteiger partial charge is 0.222 e. The van der Waals surface area contributed by atoms with E-state index in [2.05, 4.69) is 30.6 Å². The average molecular weight is 252 g/mol. The van der Waals surface area contributed by atoms with E-state index >= 15 is 0 Å². The maximum atomic E-state index is 11.4. The van der Waals surface area contributed by atoms with Crippen molar-refractivity contribution >= 4 is 17.2 Å². The van der Waals surface area contributed by atoms with Gasteiger partial charge in [0.05, 0.1) is 0 Å². The van der Waals surface area contributed by atoms with Crippen molar-refractivity contribution in [1.29, 1.82) is 0 Å². The number of hydrogen-bond donors (Lipinski definition) is 1. The highest BCUT2D eigenvalue weighted by Gasteiger charge is 2.24. The molecule has 1 N–H and O–H groups in total. The van der Waals surface area contributed by atoms with Gasteiger partial charge in [-0.25, -0.2) is 0 Å². The highest BCUT2D eigenvalue weighted by molar-refractivity contribution is 7.10. The Morgan fingerprint density at radius 3 is 2.94 bits per heavy atom. The number of thiophene rings is 1. The molecule has 1 saturated heterocycles. The predicted molar refractivity (Wildman–Crippen MR) is 71.3 cm³/mol. The third kappa shape index (κ3) is 2.87. The number of amides is 1. The fraction of sp³-hybridized carbons (Fsp3) is 0.615. The van der Waals surface area contributed by atoms with E-state index in [1.165, 1.54) is 10.4 Å². The van der Waals surface area contributed by atoms with Gasteiger partial charge in [-0.2, -0.15) is 0 Å². The summed E-state index contributed by atoms with van der Waals surface area (Å²) in [5, 5.41) is 5.77. The van der Waals surface area contributed by atoms with Gasteiger partial charge in [-0.05, 0) is 37.3 Å². The number of hydrogen-bond acceptors (Lipinski definition) is 3. The molecule has 1 aliphatic heterocycles. The van der Waals surface area contributed by atoms with Crippen LogP contribution in [0.15, 0.2) is 11.4 Å². The van der Waals surface area contributed by atoms with Crippen LogP contribution in [0.4, 0.5) is 0 Å². The van der Waals surface area contributed by atoms with Crippen molar-refractivity contribution in [2.24, 2.45) is 0 Å². The summed E-state index contributed by atoms with van der Waals surface area (Å²) in [5.41, 5.74) is 1.36. The summed E-state index contributed by atoms with van der Waals surface area (Å²) in [6, 6.07) is 2.96. The first-order valence-corrected chi connectivity index (χ1v) is 7.00. The standard InChI is InChI=1S/C13H20N2OS/c1-9-6-7-17-13(9)10(2)14-11-4-5-12(16)15(3)8-11/h6-7,10-11,14H,4-5,8H2,1-3H3. The van der Waals surface area contributed by atoms with Gasteiger partial charge in [0.15, 0.2) is 0 Å². The molecule has 1 aromatic heterocycles. The van der Waals surface area contributed by atoms with Gasteiger partial charge in [0.2, 0.25) is 5.91 Å². The summed E-state index contributed by atoms with van der Waals surface area (Å²) in [7, 11) is 1.89. The van der Waals surface area contributed by atoms with Crippen molar-refractivity contribution in [3.05, 3.63) is 21.9 Å². The molecule has 17 heavy (non-hydrogen) atoms. The van der Waals surface area contributed by atoms with E-state index in [1.54, 1.807) is 11.3 Å². The Hall–Kier alpha value is -0.870. The second kappa shape index (κ2) is 5.19. The molecule has 2 rings (SSSR count). The van der Waals surface area contributed by atoms with E-state index in [-0.39, 0.29) is 5.91 Å². The molecule has 0 bridgehead atoms. The maximum absolute atomic E-state index is 11.4. The molecule has 3 nitrogen and oxygen atoms in total. The number of nitrogens with one attached hydrogen (secondary N) is 1. The zero-order chi connectivity index (χ0) is 12.4. The van der Waals surface area contributed by atoms with Crippen molar-refractivity contribution in [2.75, 3.05) is 13.6 Å². The number of carbonyl (C=O) groups excluding carboxylic acids is 1. The topological polar surface area (TPSA) is 32.3 Å². The normalized spacial score (nSPS) is 22.9. The number of likely N-dealkylation sites (N-methyl/N-ethyl adjacent to an activating group) is 1. The van der Waals surface area contributed by atoms with Crippen LogP contribution in [0.5, 0.6) is 0 Å². The molecule has 1 fully saturated rings. The van der Waals surface area contributed by atoms with Crippen LogP contribution in [0.1, 0.15) is 36.2 Å². The number of likely N-dealkylation sites (tertiary alicyclic amines) is 1. The molecule has 0 saturated carbocycles. The van der Waals surface area contributed by atoms with Crippen LogP contribution in [-0.2, 0) is 4.79 Å². The summed E-state index contributed by atoms with van der Waals surface area (Å²) in [6.45, 7) is 5.18. The van der Waals surface area contributed by atoms with E-state index < -0.39 is 0 Å². The molecule has 1 aliphatic rings. The quantitative estimate of drug-likeness (QED) is 0.895. The minimum atomic E-state index is 0.267. The minimum absolute atomic E-state index is 0.267. The van der Waals surface area contributed by atoms with Crippen LogP contribution in [0.25, 0.3) is 0 Å². The van der Waals surface area contributed by atoms with Crippen LogP contribution in [0.3, 0.4) is 0 Å². The number of nitrogens with zero attached hydrogens (tertiary/aromatic N) is 1. The first kappa shape index (κ1) is 12.6. The van der Waals surface area contributed by atoms with E-state index in [0.717, 1.165) is 13.0 Å². The Labute approximate surface area is 107 Å². The molecule has 1 aromatic rings. The molecule has 2 unspecified atom stereocenters. The van der Waals surface area contributed by atoms with Crippen molar-refractivity contribution < 1.29 is 4.79 Å². The third-order valence-electron chi connectivity index (χ3n) is 3.41. The molecule has 0 aliphatic carbocycles. The maximum Gasteiger partial charge on any atom is 0.222 e. The van der Waals surface area contributed by atoms with Crippen LogP contribution in [-0.4, -0.2) is 30.4 Å². The summed E-state index contributed by atoms with van der Waals surface area (Å²) >= 11 is 1.80. The molecule has 0 aromatic carbocycles. The molecule has 1 amide bonds. The van der Waals surface area contributed by atoms with E-state index in [9.17, 15) is 4.79 Å². The van der Waals surface area contributed by atoms with Crippen LogP contribution in [0, 0.1) is 6.92 Å². The highest BCUT2D eigenvalue weighted by Crippen LogP contribution is 2.24. The van der Waals surface area contributed by atoms with Crippen molar-refractivity contribution in [1.82, 2.24) is 10.2 Å². The summed E-state index contributed by atoms with van der Waals surface area (Å²) in [4.78, 5) is 14.6.